The normalized spacial score (nSPS) is 18.4. The number of likely N-dealkylation sites (tertiary alicyclic amines) is 1. The van der Waals surface area contributed by atoms with Crippen molar-refractivity contribution in [1.82, 2.24) is 20.5 Å². The van der Waals surface area contributed by atoms with Gasteiger partial charge in [0, 0.05) is 43.7 Å². The van der Waals surface area contributed by atoms with Gasteiger partial charge in [-0.2, -0.15) is 0 Å². The second kappa shape index (κ2) is 20.8. The molecule has 4 N–H and O–H groups in total. The van der Waals surface area contributed by atoms with Gasteiger partial charge in [0.2, 0.25) is 17.7 Å². The molecule has 1 aromatic rings. The number of carbonyl (C=O) groups excluding carboxylic acids is 7. The zero-order valence-electron chi connectivity index (χ0n) is 33.6. The molecule has 0 radical (unpaired) electrons. The summed E-state index contributed by atoms with van der Waals surface area (Å²) in [6.07, 6.45) is 8.12. The number of carbonyl (C=O) groups is 9. The molecule has 2 fully saturated rings. The molecule has 312 valence electrons. The van der Waals surface area contributed by atoms with Crippen molar-refractivity contribution in [3.05, 3.63) is 41.7 Å². The minimum absolute atomic E-state index is 0.000119. The maximum absolute atomic E-state index is 14.3. The lowest BCUT2D eigenvalue weighted by Gasteiger charge is -2.36. The van der Waals surface area contributed by atoms with E-state index in [1.54, 1.807) is 34.6 Å². The molecule has 1 aliphatic heterocycles. The van der Waals surface area contributed by atoms with E-state index in [0.29, 0.717) is 12.8 Å². The summed E-state index contributed by atoms with van der Waals surface area (Å²) in [6.45, 7) is 7.95. The highest BCUT2D eigenvalue weighted by atomic mass is 16.5. The van der Waals surface area contributed by atoms with Gasteiger partial charge in [-0.25, -0.2) is 9.59 Å². The van der Waals surface area contributed by atoms with Crippen molar-refractivity contribution in [2.75, 3.05) is 13.7 Å². The standard InChI is InChI=1S/C41H56N4O12/c1-23(2)34(32(48)20-28(40(55)56)24-12-8-7-9-13-24)43-37(51)30-19-26(46)22-45(30)38(52)35(41(3,4)5)44-36(50)25(14-10-11-15-33(49)57-6)18-31(47)29-21-42-17-16-27(29)39(53)54/h11,15-17,21,23-25,28,30,34-35H,7-10,12-14,18-20,22H2,1-6H3,(H,43,51)(H,44,50)(H,53,54)(H,55,56)/b15-11+/t25-,28+,30+,34+,35-/m1/s1. The van der Waals surface area contributed by atoms with Crippen LogP contribution in [-0.4, -0.2) is 105 Å². The molecule has 2 heterocycles. The van der Waals surface area contributed by atoms with Crippen molar-refractivity contribution in [2.45, 2.75) is 117 Å². The van der Waals surface area contributed by atoms with Crippen molar-refractivity contribution >= 4 is 53.0 Å². The Balaban J connectivity index is 1.85. The quantitative estimate of drug-likeness (QED) is 0.0890. The molecule has 2 aliphatic rings. The van der Waals surface area contributed by atoms with Gasteiger partial charge in [0.25, 0.3) is 0 Å². The zero-order valence-corrected chi connectivity index (χ0v) is 33.6. The Labute approximate surface area is 332 Å². The van der Waals surface area contributed by atoms with E-state index in [1.165, 1.54) is 19.4 Å². The topological polar surface area (TPSA) is 244 Å². The molecule has 0 bridgehead atoms. The second-order valence-electron chi connectivity index (χ2n) is 16.3. The second-order valence-corrected chi connectivity index (χ2v) is 16.3. The zero-order chi connectivity index (χ0) is 42.6. The van der Waals surface area contributed by atoms with Gasteiger partial charge in [0.15, 0.2) is 17.3 Å². The first-order valence-electron chi connectivity index (χ1n) is 19.4. The van der Waals surface area contributed by atoms with Gasteiger partial charge < -0.3 is 30.5 Å². The number of carboxylic acids is 2. The number of amides is 3. The van der Waals surface area contributed by atoms with Gasteiger partial charge >= 0.3 is 17.9 Å². The summed E-state index contributed by atoms with van der Waals surface area (Å²) >= 11 is 0. The number of rotatable bonds is 19. The van der Waals surface area contributed by atoms with Crippen LogP contribution in [0.5, 0.6) is 0 Å². The number of aliphatic carboxylic acids is 1. The summed E-state index contributed by atoms with van der Waals surface area (Å²) in [5.74, 6) is -9.53. The predicted molar refractivity (Wildman–Crippen MR) is 205 cm³/mol. The number of aromatic carboxylic acids is 1. The van der Waals surface area contributed by atoms with E-state index < -0.39 is 107 Å². The Morgan fingerprint density at radius 2 is 1.65 bits per heavy atom. The number of methoxy groups -OCH3 is 1. The summed E-state index contributed by atoms with van der Waals surface area (Å²) in [5, 5.41) is 25.0. The van der Waals surface area contributed by atoms with Crippen LogP contribution in [0, 0.1) is 29.1 Å². The largest absolute Gasteiger partial charge is 0.481 e. The lowest BCUT2D eigenvalue weighted by Crippen LogP contribution is -2.59. The summed E-state index contributed by atoms with van der Waals surface area (Å²) < 4.78 is 4.60. The maximum Gasteiger partial charge on any atom is 0.336 e. The lowest BCUT2D eigenvalue weighted by atomic mass is 9.77. The molecular weight excluding hydrogens is 740 g/mol. The number of carboxylic acid groups (broad SMARTS) is 2. The highest BCUT2D eigenvalue weighted by Gasteiger charge is 2.46. The molecule has 57 heavy (non-hydrogen) atoms. The summed E-state index contributed by atoms with van der Waals surface area (Å²) in [7, 11) is 1.19. The Hall–Kier alpha value is -5.28. The van der Waals surface area contributed by atoms with E-state index in [0.717, 1.165) is 42.5 Å². The number of esters is 1. The van der Waals surface area contributed by atoms with Crippen molar-refractivity contribution in [3.8, 4) is 0 Å². The number of nitrogens with zero attached hydrogens (tertiary/aromatic N) is 2. The monoisotopic (exact) mass is 796 g/mol. The van der Waals surface area contributed by atoms with Crippen molar-refractivity contribution in [1.29, 1.82) is 0 Å². The van der Waals surface area contributed by atoms with Crippen LogP contribution in [0.3, 0.4) is 0 Å². The van der Waals surface area contributed by atoms with E-state index in [4.69, 9.17) is 0 Å². The third-order valence-electron chi connectivity index (χ3n) is 10.7. The van der Waals surface area contributed by atoms with E-state index >= 15 is 0 Å². The van der Waals surface area contributed by atoms with E-state index in [1.807, 2.05) is 0 Å². The molecule has 1 aromatic heterocycles. The first-order valence-corrected chi connectivity index (χ1v) is 19.4. The number of nitrogens with one attached hydrogen (secondary N) is 2. The Morgan fingerprint density at radius 3 is 2.23 bits per heavy atom. The van der Waals surface area contributed by atoms with Crippen LogP contribution in [-0.2, 0) is 38.3 Å². The van der Waals surface area contributed by atoms with Gasteiger partial charge in [-0.05, 0) is 49.0 Å². The summed E-state index contributed by atoms with van der Waals surface area (Å²) in [6, 6.07) is -2.57. The van der Waals surface area contributed by atoms with Crippen LogP contribution in [0.4, 0.5) is 0 Å². The molecule has 0 spiro atoms. The third-order valence-corrected chi connectivity index (χ3v) is 10.7. The van der Waals surface area contributed by atoms with Gasteiger partial charge in [0.1, 0.15) is 12.1 Å². The molecular formula is C41H56N4O12. The number of hydrogen-bond acceptors (Lipinski definition) is 11. The molecule has 16 heteroatoms. The van der Waals surface area contributed by atoms with Crippen molar-refractivity contribution in [2.24, 2.45) is 29.1 Å². The van der Waals surface area contributed by atoms with Crippen LogP contribution < -0.4 is 10.6 Å². The number of allylic oxidation sites excluding steroid dienone is 1. The first-order chi connectivity index (χ1) is 26.8. The molecule has 16 nitrogen and oxygen atoms in total. The molecule has 5 atom stereocenters. The molecule has 1 saturated carbocycles. The number of pyridine rings is 1. The Bertz CT molecular complexity index is 1730. The van der Waals surface area contributed by atoms with Gasteiger partial charge in [-0.1, -0.05) is 60.0 Å². The Kier molecular flexibility index (Phi) is 16.8. The minimum Gasteiger partial charge on any atom is -0.481 e. The summed E-state index contributed by atoms with van der Waals surface area (Å²) in [4.78, 5) is 123. The molecule has 1 aliphatic carbocycles. The fourth-order valence-electron chi connectivity index (χ4n) is 7.44. The van der Waals surface area contributed by atoms with Crippen molar-refractivity contribution in [3.63, 3.8) is 0 Å². The van der Waals surface area contributed by atoms with Gasteiger partial charge in [-0.3, -0.25) is 38.5 Å². The SMILES string of the molecule is COC(=O)/C=C/CC[C@H](CC(=O)c1cnccc1C(=O)O)C(=O)N[C@H](C(=O)N1CC(=O)C[C@H]1C(=O)N[C@H](C(=O)C[C@H](C(=O)O)C1CCCCC1)C(C)C)C(C)(C)C. The first kappa shape index (κ1) is 46.1. The average molecular weight is 797 g/mol. The molecule has 3 rings (SSSR count). The summed E-state index contributed by atoms with van der Waals surface area (Å²) in [5.41, 5.74) is -1.52. The van der Waals surface area contributed by atoms with Crippen LogP contribution in [0.25, 0.3) is 0 Å². The van der Waals surface area contributed by atoms with Gasteiger partial charge in [0.05, 0.1) is 36.7 Å². The average Bonchev–Trinajstić information content (AvgIpc) is 3.56. The van der Waals surface area contributed by atoms with Crippen LogP contribution in [0.1, 0.15) is 120 Å². The van der Waals surface area contributed by atoms with Crippen LogP contribution in [0.2, 0.25) is 0 Å². The van der Waals surface area contributed by atoms with E-state index in [2.05, 4.69) is 20.4 Å². The van der Waals surface area contributed by atoms with Crippen LogP contribution >= 0.6 is 0 Å². The Morgan fingerprint density at radius 1 is 0.982 bits per heavy atom. The minimum atomic E-state index is -1.37. The van der Waals surface area contributed by atoms with E-state index in [-0.39, 0.29) is 42.7 Å². The fourth-order valence-corrected chi connectivity index (χ4v) is 7.44. The molecule has 0 aromatic carbocycles. The smallest absolute Gasteiger partial charge is 0.336 e. The number of ketones is 3. The molecule has 0 unspecified atom stereocenters. The third kappa shape index (κ3) is 12.9. The van der Waals surface area contributed by atoms with E-state index in [9.17, 15) is 53.4 Å². The van der Waals surface area contributed by atoms with Crippen molar-refractivity contribution < 1.29 is 58.1 Å². The predicted octanol–water partition coefficient (Wildman–Crippen LogP) is 3.56. The maximum atomic E-state index is 14.3. The highest BCUT2D eigenvalue weighted by molar-refractivity contribution is 6.07. The van der Waals surface area contributed by atoms with Crippen LogP contribution in [0.15, 0.2) is 30.6 Å². The highest BCUT2D eigenvalue weighted by Crippen LogP contribution is 2.33. The number of hydrogen-bond donors (Lipinski definition) is 4. The molecule has 1 saturated heterocycles. The fraction of sp³-hybridized carbons (Fsp3) is 0.610. The number of aromatic nitrogens is 1. The number of Topliss-reactive ketones (excluding diaryl/α,β-unsaturated/α-hetero) is 3. The lowest BCUT2D eigenvalue weighted by molar-refractivity contribution is -0.147. The molecule has 3 amide bonds. The van der Waals surface area contributed by atoms with Gasteiger partial charge in [-0.15, -0.1) is 0 Å². The number of ether oxygens (including phenoxy) is 1.